The van der Waals surface area contributed by atoms with Crippen LogP contribution in [0.3, 0.4) is 0 Å². The van der Waals surface area contributed by atoms with Crippen molar-refractivity contribution in [2.75, 3.05) is 12.5 Å². The zero-order valence-corrected chi connectivity index (χ0v) is 23.3. The zero-order chi connectivity index (χ0) is 22.8. The fraction of sp³-hybridized carbons (Fsp3) is 0.0714. The maximum absolute atomic E-state index is 2.45. The van der Waals surface area contributed by atoms with Gasteiger partial charge in [0.2, 0.25) is 0 Å². The van der Waals surface area contributed by atoms with E-state index in [1.807, 2.05) is 68.9 Å². The van der Waals surface area contributed by atoms with E-state index in [-0.39, 0.29) is 0 Å². The van der Waals surface area contributed by atoms with Crippen LogP contribution in [0.15, 0.2) is 82.6 Å². The number of fused-ring (bicyclic) bond motifs is 4. The summed E-state index contributed by atoms with van der Waals surface area (Å²) in [4.78, 5) is 8.41. The Labute approximate surface area is 222 Å². The number of benzene rings is 3. The molecule has 0 amide bonds. The molecule has 0 spiro atoms. The first-order valence-corrected chi connectivity index (χ1v) is 16.5. The average Bonchev–Trinajstić information content (AvgIpc) is 3.63. The topological polar surface area (TPSA) is 0 Å². The summed E-state index contributed by atoms with van der Waals surface area (Å²) in [7, 11) is 0. The molecule has 0 aliphatic carbocycles. The Morgan fingerprint density at radius 1 is 0.500 bits per heavy atom. The number of thiophene rings is 4. The minimum Gasteiger partial charge on any atom is -0.134 e. The van der Waals surface area contributed by atoms with E-state index >= 15 is 0 Å². The molecule has 0 saturated carbocycles. The average molecular weight is 547 g/mol. The van der Waals surface area contributed by atoms with E-state index in [1.165, 1.54) is 69.6 Å². The van der Waals surface area contributed by atoms with Crippen molar-refractivity contribution in [2.24, 2.45) is 0 Å². The van der Waals surface area contributed by atoms with Crippen LogP contribution in [-0.4, -0.2) is 12.5 Å². The van der Waals surface area contributed by atoms with Gasteiger partial charge in [-0.2, -0.15) is 0 Å². The van der Waals surface area contributed by atoms with Crippen molar-refractivity contribution in [2.45, 2.75) is 9.79 Å². The first kappa shape index (κ1) is 21.5. The fourth-order valence-electron chi connectivity index (χ4n) is 4.56. The Morgan fingerprint density at radius 2 is 0.941 bits per heavy atom. The van der Waals surface area contributed by atoms with Gasteiger partial charge in [0.1, 0.15) is 0 Å². The summed E-state index contributed by atoms with van der Waals surface area (Å²) in [6, 6.07) is 27.0. The van der Waals surface area contributed by atoms with Crippen molar-refractivity contribution < 1.29 is 0 Å². The van der Waals surface area contributed by atoms with E-state index in [9.17, 15) is 0 Å². The highest BCUT2D eigenvalue weighted by Gasteiger charge is 2.20. The van der Waals surface area contributed by atoms with Gasteiger partial charge in [0.25, 0.3) is 0 Å². The van der Waals surface area contributed by atoms with Crippen molar-refractivity contribution >= 4 is 109 Å². The molecule has 6 heteroatoms. The number of thioether (sulfide) groups is 2. The van der Waals surface area contributed by atoms with Crippen LogP contribution in [0.25, 0.3) is 59.9 Å². The van der Waals surface area contributed by atoms with Crippen LogP contribution in [0.1, 0.15) is 0 Å². The van der Waals surface area contributed by atoms with E-state index < -0.39 is 0 Å². The van der Waals surface area contributed by atoms with E-state index in [2.05, 4.69) is 85.3 Å². The normalized spacial score (nSPS) is 12.1. The highest BCUT2D eigenvalue weighted by atomic mass is 32.2. The van der Waals surface area contributed by atoms with Gasteiger partial charge in [-0.25, -0.2) is 0 Å². The minimum atomic E-state index is 1.34. The summed E-state index contributed by atoms with van der Waals surface area (Å²) in [5.74, 6) is 0. The first-order chi connectivity index (χ1) is 16.7. The van der Waals surface area contributed by atoms with Gasteiger partial charge in [0.15, 0.2) is 0 Å². The zero-order valence-electron chi connectivity index (χ0n) is 18.4. The molecule has 0 aliphatic rings. The smallest absolute Gasteiger partial charge is 0.0591 e. The van der Waals surface area contributed by atoms with Crippen molar-refractivity contribution in [1.29, 1.82) is 0 Å². The second-order valence-corrected chi connectivity index (χ2v) is 14.0. The summed E-state index contributed by atoms with van der Waals surface area (Å²) in [6.07, 6.45) is 4.43. The lowest BCUT2D eigenvalue weighted by Crippen LogP contribution is -1.73. The van der Waals surface area contributed by atoms with Crippen LogP contribution in [0.5, 0.6) is 0 Å². The molecule has 4 aromatic heterocycles. The molecule has 166 valence electrons. The Hall–Kier alpha value is -1.80. The summed E-state index contributed by atoms with van der Waals surface area (Å²) in [6.45, 7) is 0. The first-order valence-electron chi connectivity index (χ1n) is 10.8. The van der Waals surface area contributed by atoms with Crippen LogP contribution >= 0.6 is 68.9 Å². The minimum absolute atomic E-state index is 1.34. The maximum atomic E-state index is 2.45. The van der Waals surface area contributed by atoms with Crippen LogP contribution in [0.4, 0.5) is 0 Å². The Balaban J connectivity index is 1.44. The number of rotatable bonds is 4. The molecule has 0 aliphatic heterocycles. The molecular weight excluding hydrogens is 529 g/mol. The second-order valence-electron chi connectivity index (χ2n) is 8.07. The van der Waals surface area contributed by atoms with E-state index in [0.717, 1.165) is 0 Å². The molecule has 0 saturated heterocycles. The Bertz CT molecular complexity index is 1640. The van der Waals surface area contributed by atoms with Gasteiger partial charge in [-0.15, -0.1) is 68.9 Å². The number of hydrogen-bond acceptors (Lipinski definition) is 6. The van der Waals surface area contributed by atoms with Gasteiger partial charge < -0.3 is 0 Å². The molecule has 4 heterocycles. The van der Waals surface area contributed by atoms with E-state index in [0.29, 0.717) is 0 Å². The quantitative estimate of drug-likeness (QED) is 0.201. The largest absolute Gasteiger partial charge is 0.134 e. The molecule has 0 atom stereocenters. The third-order valence-corrected chi connectivity index (χ3v) is 12.9. The van der Waals surface area contributed by atoms with Crippen LogP contribution in [0.2, 0.25) is 0 Å². The van der Waals surface area contributed by atoms with Crippen molar-refractivity contribution in [3.05, 3.63) is 72.8 Å². The molecule has 3 aromatic carbocycles. The molecule has 7 aromatic rings. The predicted molar refractivity (Wildman–Crippen MR) is 162 cm³/mol. The maximum Gasteiger partial charge on any atom is 0.0591 e. The van der Waals surface area contributed by atoms with Gasteiger partial charge in [-0.3, -0.25) is 0 Å². The second kappa shape index (κ2) is 8.40. The highest BCUT2D eigenvalue weighted by molar-refractivity contribution is 7.99. The summed E-state index contributed by atoms with van der Waals surface area (Å²) >= 11 is 11.5. The van der Waals surface area contributed by atoms with Crippen molar-refractivity contribution in [3.63, 3.8) is 0 Å². The molecule has 0 nitrogen and oxygen atoms in total. The lowest BCUT2D eigenvalue weighted by molar-refractivity contribution is 1.66. The van der Waals surface area contributed by atoms with Crippen LogP contribution in [0, 0.1) is 0 Å². The molecule has 0 N–H and O–H groups in total. The standard InChI is InChI=1S/C28H18S6/c1-29-25-17-13-22-18(14-21(17)33-27(25)23-11-15-7-3-5-9-19(15)31-23)26(30-2)28(34-22)24-12-16-8-4-6-10-20(16)32-24/h3-14H,1-2H3. The van der Waals surface area contributed by atoms with Crippen LogP contribution in [-0.2, 0) is 0 Å². The van der Waals surface area contributed by atoms with Crippen molar-refractivity contribution in [1.82, 2.24) is 0 Å². The Morgan fingerprint density at radius 3 is 1.35 bits per heavy atom. The molecule has 0 unspecified atom stereocenters. The molecular formula is C28H18S6. The fourth-order valence-corrected chi connectivity index (χ4v) is 11.5. The molecule has 0 bridgehead atoms. The SMILES string of the molecule is CSc1c(-c2cc3ccccc3s2)sc2cc3c(SC)c(-c4cc5ccccc5s4)sc3cc12. The summed E-state index contributed by atoms with van der Waals surface area (Å²) < 4.78 is 5.50. The molecule has 0 fully saturated rings. The predicted octanol–water partition coefficient (Wildman–Crippen LogP) is 11.3. The Kier molecular flexibility index (Phi) is 5.31. The summed E-state index contributed by atoms with van der Waals surface area (Å²) in [5, 5.41) is 5.47. The highest BCUT2D eigenvalue weighted by Crippen LogP contribution is 2.52. The monoisotopic (exact) mass is 546 g/mol. The van der Waals surface area contributed by atoms with E-state index in [1.54, 1.807) is 0 Å². The third-order valence-electron chi connectivity index (χ3n) is 6.11. The van der Waals surface area contributed by atoms with Gasteiger partial charge in [0, 0.05) is 49.1 Å². The number of hydrogen-bond donors (Lipinski definition) is 0. The molecule has 7 rings (SSSR count). The molecule has 0 radical (unpaired) electrons. The van der Waals surface area contributed by atoms with Crippen LogP contribution < -0.4 is 0 Å². The van der Waals surface area contributed by atoms with E-state index in [4.69, 9.17) is 0 Å². The van der Waals surface area contributed by atoms with Crippen molar-refractivity contribution in [3.8, 4) is 19.5 Å². The third kappa shape index (κ3) is 3.31. The lowest BCUT2D eigenvalue weighted by atomic mass is 10.2. The van der Waals surface area contributed by atoms with Gasteiger partial charge >= 0.3 is 0 Å². The van der Waals surface area contributed by atoms with Gasteiger partial charge in [-0.05, 0) is 59.7 Å². The van der Waals surface area contributed by atoms with Gasteiger partial charge in [0.05, 0.1) is 9.75 Å². The molecule has 34 heavy (non-hydrogen) atoms. The lowest BCUT2D eigenvalue weighted by Gasteiger charge is -2.00. The summed E-state index contributed by atoms with van der Waals surface area (Å²) in [5.41, 5.74) is 0. The van der Waals surface area contributed by atoms with Gasteiger partial charge in [-0.1, -0.05) is 36.4 Å².